The molecule has 8 heteroatoms. The number of urea groups is 1. The third kappa shape index (κ3) is 5.41. The summed E-state index contributed by atoms with van der Waals surface area (Å²) < 4.78 is 0. The SMILES string of the molecule is O=C(CCNC(=O)N1CCN(C(=O)Cc2c[nH]c3ccccc23)CC1)N1CCCCCC1. The highest BCUT2D eigenvalue weighted by molar-refractivity contribution is 5.89. The molecule has 0 bridgehead atoms. The molecule has 0 radical (unpaired) electrons. The minimum absolute atomic E-state index is 0.0813. The van der Waals surface area contributed by atoms with Gasteiger partial charge in [-0.2, -0.15) is 0 Å². The molecule has 4 amide bonds. The van der Waals surface area contributed by atoms with Crippen molar-refractivity contribution in [3.63, 3.8) is 0 Å². The van der Waals surface area contributed by atoms with E-state index in [0.29, 0.717) is 45.6 Å². The van der Waals surface area contributed by atoms with Crippen LogP contribution in [0.15, 0.2) is 30.5 Å². The number of nitrogens with one attached hydrogen (secondary N) is 2. The molecule has 0 atom stereocenters. The van der Waals surface area contributed by atoms with E-state index in [4.69, 9.17) is 0 Å². The normalized spacial score (nSPS) is 17.3. The van der Waals surface area contributed by atoms with Gasteiger partial charge < -0.3 is 25.0 Å². The maximum Gasteiger partial charge on any atom is 0.317 e. The summed E-state index contributed by atoms with van der Waals surface area (Å²) in [4.78, 5) is 46.3. The average Bonchev–Trinajstić information content (AvgIpc) is 3.03. The summed E-state index contributed by atoms with van der Waals surface area (Å²) in [6, 6.07) is 7.82. The zero-order valence-corrected chi connectivity index (χ0v) is 18.6. The monoisotopic (exact) mass is 439 g/mol. The Bertz CT molecular complexity index is 940. The van der Waals surface area contributed by atoms with Crippen molar-refractivity contribution < 1.29 is 14.4 Å². The van der Waals surface area contributed by atoms with Gasteiger partial charge in [0.1, 0.15) is 0 Å². The van der Waals surface area contributed by atoms with E-state index in [1.54, 1.807) is 4.90 Å². The molecule has 8 nitrogen and oxygen atoms in total. The molecule has 0 aliphatic carbocycles. The van der Waals surface area contributed by atoms with Gasteiger partial charge in [0.05, 0.1) is 6.42 Å². The number of piperazine rings is 1. The van der Waals surface area contributed by atoms with Crippen LogP contribution in [-0.4, -0.2) is 83.3 Å². The van der Waals surface area contributed by atoms with Crippen molar-refractivity contribution >= 4 is 28.7 Å². The van der Waals surface area contributed by atoms with E-state index in [1.165, 1.54) is 12.8 Å². The largest absolute Gasteiger partial charge is 0.361 e. The van der Waals surface area contributed by atoms with Crippen LogP contribution in [0.25, 0.3) is 10.9 Å². The van der Waals surface area contributed by atoms with Crippen LogP contribution < -0.4 is 5.32 Å². The Balaban J connectivity index is 1.18. The van der Waals surface area contributed by atoms with Gasteiger partial charge in [0, 0.05) is 69.3 Å². The van der Waals surface area contributed by atoms with E-state index < -0.39 is 0 Å². The lowest BCUT2D eigenvalue weighted by molar-refractivity contribution is -0.132. The predicted octanol–water partition coefficient (Wildman–Crippen LogP) is 2.36. The first-order chi connectivity index (χ1) is 15.6. The fourth-order valence-corrected chi connectivity index (χ4v) is 4.58. The van der Waals surface area contributed by atoms with Gasteiger partial charge in [0.25, 0.3) is 0 Å². The number of aromatic amines is 1. The number of hydrogen-bond donors (Lipinski definition) is 2. The van der Waals surface area contributed by atoms with E-state index in [1.807, 2.05) is 40.3 Å². The highest BCUT2D eigenvalue weighted by Gasteiger charge is 2.25. The first kappa shape index (κ1) is 22.2. The summed E-state index contributed by atoms with van der Waals surface area (Å²) in [5.74, 6) is 0.206. The van der Waals surface area contributed by atoms with Gasteiger partial charge in [-0.05, 0) is 24.5 Å². The maximum atomic E-state index is 12.8. The molecule has 0 unspecified atom stereocenters. The summed E-state index contributed by atoms with van der Waals surface area (Å²) in [6.45, 7) is 4.09. The van der Waals surface area contributed by atoms with Crippen LogP contribution in [0.2, 0.25) is 0 Å². The lowest BCUT2D eigenvalue weighted by atomic mass is 10.1. The minimum Gasteiger partial charge on any atom is -0.361 e. The Morgan fingerprint density at radius 3 is 2.22 bits per heavy atom. The second-order valence-corrected chi connectivity index (χ2v) is 8.68. The minimum atomic E-state index is -0.155. The molecule has 2 aromatic rings. The number of amides is 4. The number of nitrogens with zero attached hydrogens (tertiary/aromatic N) is 3. The number of aromatic nitrogens is 1. The van der Waals surface area contributed by atoms with Crippen LogP contribution in [0.3, 0.4) is 0 Å². The van der Waals surface area contributed by atoms with Crippen molar-refractivity contribution in [2.75, 3.05) is 45.8 Å². The number of fused-ring (bicyclic) bond motifs is 1. The molecular formula is C24H33N5O3. The van der Waals surface area contributed by atoms with Crippen molar-refractivity contribution in [3.05, 3.63) is 36.0 Å². The summed E-state index contributed by atoms with van der Waals surface area (Å²) in [6.07, 6.45) is 7.12. The molecule has 2 N–H and O–H groups in total. The van der Waals surface area contributed by atoms with Crippen LogP contribution in [0.4, 0.5) is 4.79 Å². The van der Waals surface area contributed by atoms with Gasteiger partial charge in [0.15, 0.2) is 0 Å². The zero-order chi connectivity index (χ0) is 22.3. The van der Waals surface area contributed by atoms with Crippen LogP contribution in [-0.2, 0) is 16.0 Å². The molecule has 0 saturated carbocycles. The van der Waals surface area contributed by atoms with Gasteiger partial charge in [-0.1, -0.05) is 31.0 Å². The van der Waals surface area contributed by atoms with Gasteiger partial charge in [-0.25, -0.2) is 4.79 Å². The Kier molecular flexibility index (Phi) is 7.29. The topological polar surface area (TPSA) is 88.7 Å². The fourth-order valence-electron chi connectivity index (χ4n) is 4.58. The zero-order valence-electron chi connectivity index (χ0n) is 18.6. The fraction of sp³-hybridized carbons (Fsp3) is 0.542. The number of para-hydroxylation sites is 1. The first-order valence-corrected chi connectivity index (χ1v) is 11.7. The van der Waals surface area contributed by atoms with Crippen molar-refractivity contribution in [1.29, 1.82) is 0 Å². The van der Waals surface area contributed by atoms with E-state index in [9.17, 15) is 14.4 Å². The van der Waals surface area contributed by atoms with Gasteiger partial charge >= 0.3 is 6.03 Å². The molecule has 2 aliphatic rings. The van der Waals surface area contributed by atoms with Crippen LogP contribution >= 0.6 is 0 Å². The van der Waals surface area contributed by atoms with Gasteiger partial charge in [-0.15, -0.1) is 0 Å². The van der Waals surface area contributed by atoms with Crippen molar-refractivity contribution in [2.45, 2.75) is 38.5 Å². The molecule has 0 spiro atoms. The first-order valence-electron chi connectivity index (χ1n) is 11.7. The third-order valence-electron chi connectivity index (χ3n) is 6.51. The maximum absolute atomic E-state index is 12.8. The van der Waals surface area contributed by atoms with Crippen LogP contribution in [0.5, 0.6) is 0 Å². The lowest BCUT2D eigenvalue weighted by Gasteiger charge is -2.34. The van der Waals surface area contributed by atoms with Crippen molar-refractivity contribution in [3.8, 4) is 0 Å². The average molecular weight is 440 g/mol. The Hall–Kier alpha value is -3.03. The number of carbonyl (C=O) groups is 3. The molecule has 32 heavy (non-hydrogen) atoms. The van der Waals surface area contributed by atoms with E-state index in [-0.39, 0.29) is 17.8 Å². The molecule has 2 saturated heterocycles. The number of rotatable bonds is 5. The van der Waals surface area contributed by atoms with Crippen LogP contribution in [0.1, 0.15) is 37.7 Å². The van der Waals surface area contributed by atoms with E-state index in [0.717, 1.165) is 42.4 Å². The molecule has 2 fully saturated rings. The Morgan fingerprint density at radius 1 is 0.812 bits per heavy atom. The predicted molar refractivity (Wildman–Crippen MR) is 123 cm³/mol. The smallest absolute Gasteiger partial charge is 0.317 e. The van der Waals surface area contributed by atoms with Crippen LogP contribution in [0, 0.1) is 0 Å². The highest BCUT2D eigenvalue weighted by Crippen LogP contribution is 2.19. The molecular weight excluding hydrogens is 406 g/mol. The quantitative estimate of drug-likeness (QED) is 0.750. The Labute approximate surface area is 188 Å². The standard InChI is InChI=1S/C24H33N5O3/c30-22(27-11-5-1-2-6-12-27)9-10-25-24(32)29-15-13-28(14-16-29)23(31)17-19-18-26-21-8-4-3-7-20(19)21/h3-4,7-8,18,26H,1-2,5-6,9-17H2,(H,25,32). The molecule has 3 heterocycles. The second kappa shape index (κ2) is 10.5. The third-order valence-corrected chi connectivity index (χ3v) is 6.51. The molecule has 1 aromatic heterocycles. The molecule has 1 aromatic carbocycles. The molecule has 2 aliphatic heterocycles. The van der Waals surface area contributed by atoms with E-state index in [2.05, 4.69) is 10.3 Å². The van der Waals surface area contributed by atoms with Crippen molar-refractivity contribution in [1.82, 2.24) is 25.0 Å². The van der Waals surface area contributed by atoms with E-state index >= 15 is 0 Å². The molecule has 4 rings (SSSR count). The Morgan fingerprint density at radius 2 is 1.47 bits per heavy atom. The summed E-state index contributed by atoms with van der Waals surface area (Å²) in [5.41, 5.74) is 2.03. The number of hydrogen-bond acceptors (Lipinski definition) is 3. The summed E-state index contributed by atoms with van der Waals surface area (Å²) in [5, 5.41) is 3.95. The number of H-pyrrole nitrogens is 1. The lowest BCUT2D eigenvalue weighted by Crippen LogP contribution is -2.53. The molecule has 172 valence electrons. The van der Waals surface area contributed by atoms with Gasteiger partial charge in [0.2, 0.25) is 11.8 Å². The second-order valence-electron chi connectivity index (χ2n) is 8.68. The van der Waals surface area contributed by atoms with Gasteiger partial charge in [-0.3, -0.25) is 9.59 Å². The van der Waals surface area contributed by atoms with Crippen molar-refractivity contribution in [2.24, 2.45) is 0 Å². The number of benzene rings is 1. The summed E-state index contributed by atoms with van der Waals surface area (Å²) >= 11 is 0. The summed E-state index contributed by atoms with van der Waals surface area (Å²) in [7, 11) is 0. The highest BCUT2D eigenvalue weighted by atomic mass is 16.2. The number of carbonyl (C=O) groups excluding carboxylic acids is 3. The number of likely N-dealkylation sites (tertiary alicyclic amines) is 1.